The first-order valence-corrected chi connectivity index (χ1v) is 4.39. The molecular formula is C6H13IN2. The molecule has 0 radical (unpaired) electrons. The highest BCUT2D eigenvalue weighted by Gasteiger charge is 2.09. The molecule has 1 unspecified atom stereocenters. The van der Waals surface area contributed by atoms with Crippen molar-refractivity contribution in [3.63, 3.8) is 0 Å². The molecule has 54 valence electrons. The molecule has 1 rings (SSSR count). The predicted molar refractivity (Wildman–Crippen MR) is 47.7 cm³/mol. The van der Waals surface area contributed by atoms with Gasteiger partial charge in [0.05, 0.1) is 0 Å². The number of hydrogen-bond donors (Lipinski definition) is 1. The Morgan fingerprint density at radius 2 is 2.44 bits per heavy atom. The average molecular weight is 240 g/mol. The Morgan fingerprint density at radius 1 is 1.67 bits per heavy atom. The Hall–Kier alpha value is 0.650. The molecule has 1 aliphatic heterocycles. The van der Waals surface area contributed by atoms with Gasteiger partial charge in [-0.3, -0.25) is 0 Å². The van der Waals surface area contributed by atoms with Crippen LogP contribution in [0.2, 0.25) is 0 Å². The monoisotopic (exact) mass is 240 g/mol. The van der Waals surface area contributed by atoms with Gasteiger partial charge in [-0.2, -0.15) is 0 Å². The molecule has 0 saturated carbocycles. The van der Waals surface area contributed by atoms with Crippen molar-refractivity contribution in [2.24, 2.45) is 0 Å². The minimum atomic E-state index is 0.671. The van der Waals surface area contributed by atoms with Gasteiger partial charge < -0.3 is 5.32 Å². The molecule has 1 N–H and O–H groups in total. The summed E-state index contributed by atoms with van der Waals surface area (Å²) in [5.74, 6) is 0. The normalized spacial score (nSPS) is 32.0. The maximum absolute atomic E-state index is 3.43. The Morgan fingerprint density at radius 3 is 3.22 bits per heavy atom. The largest absolute Gasteiger partial charge is 0.313 e. The SMILES string of the molecule is CC1CN(I)CCCN1. The molecule has 3 heteroatoms. The van der Waals surface area contributed by atoms with Gasteiger partial charge in [-0.05, 0) is 19.9 Å². The third-order valence-corrected chi connectivity index (χ3v) is 2.42. The highest BCUT2D eigenvalue weighted by molar-refractivity contribution is 14.1. The molecule has 1 fully saturated rings. The quantitative estimate of drug-likeness (QED) is 0.502. The van der Waals surface area contributed by atoms with Crippen LogP contribution in [-0.2, 0) is 0 Å². The Balaban J connectivity index is 2.29. The molecule has 0 aliphatic carbocycles. The van der Waals surface area contributed by atoms with Gasteiger partial charge in [-0.15, -0.1) is 0 Å². The van der Waals surface area contributed by atoms with Crippen LogP contribution >= 0.6 is 22.9 Å². The summed E-state index contributed by atoms with van der Waals surface area (Å²) < 4.78 is 2.35. The lowest BCUT2D eigenvalue weighted by atomic mass is 10.3. The zero-order valence-electron chi connectivity index (χ0n) is 5.73. The van der Waals surface area contributed by atoms with Gasteiger partial charge in [0.25, 0.3) is 0 Å². The molecule has 0 amide bonds. The van der Waals surface area contributed by atoms with E-state index < -0.39 is 0 Å². The summed E-state index contributed by atoms with van der Waals surface area (Å²) in [5, 5.41) is 3.43. The second-order valence-corrected chi connectivity index (χ2v) is 3.94. The molecule has 1 saturated heterocycles. The van der Waals surface area contributed by atoms with Gasteiger partial charge in [0, 0.05) is 42.0 Å². The minimum absolute atomic E-state index is 0.671. The van der Waals surface area contributed by atoms with Crippen molar-refractivity contribution in [2.75, 3.05) is 19.6 Å². The van der Waals surface area contributed by atoms with Crippen LogP contribution in [0.5, 0.6) is 0 Å². The topological polar surface area (TPSA) is 15.3 Å². The van der Waals surface area contributed by atoms with Crippen LogP contribution in [0.3, 0.4) is 0 Å². The van der Waals surface area contributed by atoms with Crippen LogP contribution in [0.1, 0.15) is 13.3 Å². The lowest BCUT2D eigenvalue weighted by Crippen LogP contribution is -2.31. The van der Waals surface area contributed by atoms with Gasteiger partial charge in [-0.1, -0.05) is 0 Å². The first-order chi connectivity index (χ1) is 4.29. The summed E-state index contributed by atoms with van der Waals surface area (Å²) in [6.07, 6.45) is 1.28. The molecular weight excluding hydrogens is 227 g/mol. The first kappa shape index (κ1) is 7.75. The number of rotatable bonds is 0. The maximum Gasteiger partial charge on any atom is 0.0232 e. The zero-order chi connectivity index (χ0) is 6.69. The van der Waals surface area contributed by atoms with Crippen molar-refractivity contribution < 1.29 is 0 Å². The van der Waals surface area contributed by atoms with E-state index in [4.69, 9.17) is 0 Å². The van der Waals surface area contributed by atoms with Crippen molar-refractivity contribution in [1.29, 1.82) is 0 Å². The summed E-state index contributed by atoms with van der Waals surface area (Å²) in [7, 11) is 0. The average Bonchev–Trinajstić information content (AvgIpc) is 1.93. The lowest BCUT2D eigenvalue weighted by molar-refractivity contribution is 0.483. The number of nitrogens with one attached hydrogen (secondary N) is 1. The van der Waals surface area contributed by atoms with Gasteiger partial charge in [0.1, 0.15) is 0 Å². The molecule has 1 atom stereocenters. The zero-order valence-corrected chi connectivity index (χ0v) is 7.89. The van der Waals surface area contributed by atoms with Gasteiger partial charge in [0.15, 0.2) is 0 Å². The van der Waals surface area contributed by atoms with E-state index in [-0.39, 0.29) is 0 Å². The van der Waals surface area contributed by atoms with Crippen LogP contribution in [0, 0.1) is 0 Å². The van der Waals surface area contributed by atoms with Crippen molar-refractivity contribution in [3.05, 3.63) is 0 Å². The van der Waals surface area contributed by atoms with E-state index in [0.717, 1.165) is 0 Å². The van der Waals surface area contributed by atoms with Crippen molar-refractivity contribution in [3.8, 4) is 0 Å². The fourth-order valence-electron chi connectivity index (χ4n) is 1.05. The minimum Gasteiger partial charge on any atom is -0.313 e. The van der Waals surface area contributed by atoms with Crippen LogP contribution in [0.15, 0.2) is 0 Å². The Kier molecular flexibility index (Phi) is 3.21. The molecule has 1 aliphatic rings. The second kappa shape index (κ2) is 3.73. The van der Waals surface area contributed by atoms with E-state index in [1.165, 1.54) is 26.1 Å². The smallest absolute Gasteiger partial charge is 0.0232 e. The third-order valence-electron chi connectivity index (χ3n) is 1.54. The molecule has 0 aromatic carbocycles. The molecule has 0 aromatic heterocycles. The van der Waals surface area contributed by atoms with Crippen LogP contribution < -0.4 is 5.32 Å². The van der Waals surface area contributed by atoms with E-state index in [9.17, 15) is 0 Å². The molecule has 0 bridgehead atoms. The maximum atomic E-state index is 3.43. The number of nitrogens with zero attached hydrogens (tertiary/aromatic N) is 1. The fraction of sp³-hybridized carbons (Fsp3) is 1.00. The van der Waals surface area contributed by atoms with Crippen molar-refractivity contribution in [1.82, 2.24) is 8.43 Å². The van der Waals surface area contributed by atoms with Crippen molar-refractivity contribution >= 4 is 22.9 Å². The van der Waals surface area contributed by atoms with Gasteiger partial charge in [0.2, 0.25) is 0 Å². The lowest BCUT2D eigenvalue weighted by Gasteiger charge is -2.13. The van der Waals surface area contributed by atoms with E-state index in [1.807, 2.05) is 0 Å². The van der Waals surface area contributed by atoms with E-state index in [0.29, 0.717) is 6.04 Å². The Labute approximate surface area is 70.5 Å². The predicted octanol–water partition coefficient (Wildman–Crippen LogP) is 1.02. The van der Waals surface area contributed by atoms with Gasteiger partial charge in [-0.25, -0.2) is 3.11 Å². The second-order valence-electron chi connectivity index (χ2n) is 2.58. The summed E-state index contributed by atoms with van der Waals surface area (Å²) in [4.78, 5) is 0. The van der Waals surface area contributed by atoms with Crippen LogP contribution in [0.25, 0.3) is 0 Å². The van der Waals surface area contributed by atoms with Crippen LogP contribution in [0.4, 0.5) is 0 Å². The summed E-state index contributed by atoms with van der Waals surface area (Å²) in [6, 6.07) is 0.671. The molecule has 1 heterocycles. The standard InChI is InChI=1S/C6H13IN2/c1-6-5-9(7)4-2-3-8-6/h6,8H,2-5H2,1H3. The highest BCUT2D eigenvalue weighted by Crippen LogP contribution is 2.04. The number of hydrogen-bond acceptors (Lipinski definition) is 2. The fourth-order valence-corrected chi connectivity index (χ4v) is 1.98. The molecule has 9 heavy (non-hydrogen) atoms. The van der Waals surface area contributed by atoms with E-state index >= 15 is 0 Å². The first-order valence-electron chi connectivity index (χ1n) is 3.43. The van der Waals surface area contributed by atoms with E-state index in [1.54, 1.807) is 0 Å². The molecule has 0 spiro atoms. The third kappa shape index (κ3) is 2.82. The number of halogens is 1. The molecule has 0 aromatic rings. The highest BCUT2D eigenvalue weighted by atomic mass is 127. The summed E-state index contributed by atoms with van der Waals surface area (Å²) >= 11 is 2.39. The molecule has 2 nitrogen and oxygen atoms in total. The summed E-state index contributed by atoms with van der Waals surface area (Å²) in [6.45, 7) is 5.83. The van der Waals surface area contributed by atoms with Crippen molar-refractivity contribution in [2.45, 2.75) is 19.4 Å². The Bertz CT molecular complexity index is 77.1. The van der Waals surface area contributed by atoms with E-state index in [2.05, 4.69) is 38.2 Å². The van der Waals surface area contributed by atoms with Crippen LogP contribution in [-0.4, -0.2) is 28.8 Å². The summed E-state index contributed by atoms with van der Waals surface area (Å²) in [5.41, 5.74) is 0. The van der Waals surface area contributed by atoms with Gasteiger partial charge >= 0.3 is 0 Å².